The summed E-state index contributed by atoms with van der Waals surface area (Å²) in [7, 11) is 0. The lowest BCUT2D eigenvalue weighted by atomic mass is 9.96. The van der Waals surface area contributed by atoms with E-state index in [-0.39, 0.29) is 6.10 Å². The predicted molar refractivity (Wildman–Crippen MR) is 49.6 cm³/mol. The van der Waals surface area contributed by atoms with Crippen molar-refractivity contribution in [1.82, 2.24) is 10.2 Å². The van der Waals surface area contributed by atoms with Crippen molar-refractivity contribution < 1.29 is 9.84 Å². The van der Waals surface area contributed by atoms with E-state index >= 15 is 0 Å². The molecule has 2 heterocycles. The van der Waals surface area contributed by atoms with Gasteiger partial charge in [0.25, 0.3) is 0 Å². The molecule has 2 saturated heterocycles. The average molecular weight is 186 g/mol. The Morgan fingerprint density at radius 3 is 2.62 bits per heavy atom. The fraction of sp³-hybridized carbons (Fsp3) is 1.00. The molecule has 76 valence electrons. The van der Waals surface area contributed by atoms with Crippen molar-refractivity contribution in [3.05, 3.63) is 0 Å². The minimum atomic E-state index is -0.153. The first kappa shape index (κ1) is 9.40. The lowest BCUT2D eigenvalue weighted by molar-refractivity contribution is -0.00692. The maximum atomic E-state index is 9.80. The lowest BCUT2D eigenvalue weighted by Crippen LogP contribution is -2.53. The molecule has 4 nitrogen and oxygen atoms in total. The van der Waals surface area contributed by atoms with Gasteiger partial charge in [0.05, 0.1) is 19.3 Å². The van der Waals surface area contributed by atoms with Crippen LogP contribution in [0.4, 0.5) is 0 Å². The Labute approximate surface area is 78.9 Å². The second-order valence-electron chi connectivity index (χ2n) is 3.90. The number of nitrogens with one attached hydrogen (secondary N) is 1. The summed E-state index contributed by atoms with van der Waals surface area (Å²) in [5.74, 6) is 0.475. The van der Waals surface area contributed by atoms with Crippen LogP contribution in [0.2, 0.25) is 0 Å². The summed E-state index contributed by atoms with van der Waals surface area (Å²) >= 11 is 0. The largest absolute Gasteiger partial charge is 0.391 e. The van der Waals surface area contributed by atoms with Crippen LogP contribution in [0.3, 0.4) is 0 Å². The monoisotopic (exact) mass is 186 g/mol. The molecule has 0 amide bonds. The van der Waals surface area contributed by atoms with Crippen LogP contribution in [0, 0.1) is 5.92 Å². The summed E-state index contributed by atoms with van der Waals surface area (Å²) in [5.41, 5.74) is 0. The van der Waals surface area contributed by atoms with E-state index < -0.39 is 0 Å². The van der Waals surface area contributed by atoms with E-state index in [2.05, 4.69) is 10.2 Å². The normalized spacial score (nSPS) is 28.4. The first-order chi connectivity index (χ1) is 6.36. The van der Waals surface area contributed by atoms with E-state index in [0.717, 1.165) is 45.9 Å². The Bertz CT molecular complexity index is 156. The maximum absolute atomic E-state index is 9.80. The van der Waals surface area contributed by atoms with Gasteiger partial charge in [-0.1, -0.05) is 0 Å². The molecule has 4 heteroatoms. The van der Waals surface area contributed by atoms with Gasteiger partial charge in [-0.25, -0.2) is 0 Å². The van der Waals surface area contributed by atoms with E-state index in [1.54, 1.807) is 0 Å². The molecular weight excluding hydrogens is 168 g/mol. The molecule has 2 fully saturated rings. The zero-order valence-electron chi connectivity index (χ0n) is 7.91. The fourth-order valence-electron chi connectivity index (χ4n) is 1.78. The van der Waals surface area contributed by atoms with E-state index in [1.165, 1.54) is 0 Å². The molecule has 0 radical (unpaired) electrons. The van der Waals surface area contributed by atoms with Gasteiger partial charge in [-0.15, -0.1) is 0 Å². The summed E-state index contributed by atoms with van der Waals surface area (Å²) in [4.78, 5) is 2.28. The second-order valence-corrected chi connectivity index (χ2v) is 3.90. The topological polar surface area (TPSA) is 44.7 Å². The number of ether oxygens (including phenoxy) is 1. The maximum Gasteiger partial charge on any atom is 0.0719 e. The molecule has 2 aliphatic rings. The number of nitrogens with zero attached hydrogens (tertiary/aromatic N) is 1. The molecule has 0 aromatic rings. The van der Waals surface area contributed by atoms with Crippen molar-refractivity contribution in [2.75, 3.05) is 45.9 Å². The van der Waals surface area contributed by atoms with E-state index in [0.29, 0.717) is 5.92 Å². The molecule has 1 atom stereocenters. The van der Waals surface area contributed by atoms with Crippen LogP contribution >= 0.6 is 0 Å². The number of hydrogen-bond acceptors (Lipinski definition) is 4. The average Bonchev–Trinajstić information content (AvgIpc) is 2.02. The van der Waals surface area contributed by atoms with E-state index in [1.807, 2.05) is 0 Å². The van der Waals surface area contributed by atoms with Crippen LogP contribution in [0.25, 0.3) is 0 Å². The van der Waals surface area contributed by atoms with Gasteiger partial charge in [0.15, 0.2) is 0 Å². The first-order valence-electron chi connectivity index (χ1n) is 5.05. The first-order valence-corrected chi connectivity index (χ1v) is 5.05. The highest BCUT2D eigenvalue weighted by Gasteiger charge is 2.27. The quantitative estimate of drug-likeness (QED) is 0.587. The van der Waals surface area contributed by atoms with Gasteiger partial charge in [-0.2, -0.15) is 0 Å². The Morgan fingerprint density at radius 2 is 2.08 bits per heavy atom. The van der Waals surface area contributed by atoms with Crippen molar-refractivity contribution in [2.45, 2.75) is 6.10 Å². The molecule has 2 aliphatic heterocycles. The minimum Gasteiger partial charge on any atom is -0.391 e. The lowest BCUT2D eigenvalue weighted by Gasteiger charge is -2.35. The van der Waals surface area contributed by atoms with Crippen molar-refractivity contribution in [3.63, 3.8) is 0 Å². The van der Waals surface area contributed by atoms with Gasteiger partial charge in [0.1, 0.15) is 0 Å². The molecule has 0 spiro atoms. The molecule has 1 unspecified atom stereocenters. The molecule has 0 saturated carbocycles. The third-order valence-electron chi connectivity index (χ3n) is 2.91. The van der Waals surface area contributed by atoms with Crippen molar-refractivity contribution in [1.29, 1.82) is 0 Å². The highest BCUT2D eigenvalue weighted by molar-refractivity contribution is 4.83. The van der Waals surface area contributed by atoms with Crippen LogP contribution in [0.15, 0.2) is 0 Å². The van der Waals surface area contributed by atoms with Crippen LogP contribution in [-0.4, -0.2) is 62.0 Å². The third-order valence-corrected chi connectivity index (χ3v) is 2.91. The van der Waals surface area contributed by atoms with Gasteiger partial charge in [0.2, 0.25) is 0 Å². The van der Waals surface area contributed by atoms with Crippen molar-refractivity contribution in [3.8, 4) is 0 Å². The summed E-state index contributed by atoms with van der Waals surface area (Å²) in [6.45, 7) is 6.34. The molecule has 13 heavy (non-hydrogen) atoms. The number of hydrogen-bond donors (Lipinski definition) is 2. The van der Waals surface area contributed by atoms with Crippen LogP contribution in [0.1, 0.15) is 0 Å². The smallest absolute Gasteiger partial charge is 0.0719 e. The number of β-amino-alcohol motifs (C(OH)–C–C–N with tert-alkyl or cyclic N) is 1. The van der Waals surface area contributed by atoms with Gasteiger partial charge in [0, 0.05) is 38.6 Å². The Hall–Kier alpha value is -0.160. The van der Waals surface area contributed by atoms with Crippen LogP contribution in [0.5, 0.6) is 0 Å². The molecule has 0 aromatic carbocycles. The van der Waals surface area contributed by atoms with Crippen molar-refractivity contribution >= 4 is 0 Å². The summed E-state index contributed by atoms with van der Waals surface area (Å²) < 4.78 is 5.25. The van der Waals surface area contributed by atoms with Crippen LogP contribution < -0.4 is 5.32 Å². The molecule has 2 rings (SSSR count). The summed E-state index contributed by atoms with van der Waals surface area (Å²) in [6, 6.07) is 0. The summed E-state index contributed by atoms with van der Waals surface area (Å²) in [5, 5.41) is 13.0. The molecular formula is C9H18N2O2. The number of rotatable bonds is 3. The number of morpholine rings is 1. The van der Waals surface area contributed by atoms with Crippen LogP contribution in [-0.2, 0) is 4.74 Å². The zero-order valence-corrected chi connectivity index (χ0v) is 7.91. The minimum absolute atomic E-state index is 0.153. The predicted octanol–water partition coefficient (Wildman–Crippen LogP) is -1.10. The number of aliphatic hydroxyl groups excluding tert-OH is 1. The Kier molecular flexibility index (Phi) is 3.16. The van der Waals surface area contributed by atoms with Gasteiger partial charge in [-0.3, -0.25) is 4.90 Å². The van der Waals surface area contributed by atoms with Gasteiger partial charge >= 0.3 is 0 Å². The van der Waals surface area contributed by atoms with Gasteiger partial charge in [-0.05, 0) is 0 Å². The standard InChI is InChI=1S/C9H18N2O2/c12-9(8-5-10-6-8)7-11-1-3-13-4-2-11/h8-10,12H,1-7H2. The molecule has 0 aromatic heterocycles. The third kappa shape index (κ3) is 2.40. The highest BCUT2D eigenvalue weighted by atomic mass is 16.5. The van der Waals surface area contributed by atoms with Crippen molar-refractivity contribution in [2.24, 2.45) is 5.92 Å². The highest BCUT2D eigenvalue weighted by Crippen LogP contribution is 2.11. The van der Waals surface area contributed by atoms with Gasteiger partial charge < -0.3 is 15.2 Å². The molecule has 2 N–H and O–H groups in total. The fourth-order valence-corrected chi connectivity index (χ4v) is 1.78. The zero-order chi connectivity index (χ0) is 9.10. The summed E-state index contributed by atoms with van der Waals surface area (Å²) in [6.07, 6.45) is -0.153. The number of aliphatic hydroxyl groups is 1. The second kappa shape index (κ2) is 4.37. The Balaban J connectivity index is 1.69. The molecule has 0 bridgehead atoms. The van der Waals surface area contributed by atoms with E-state index in [4.69, 9.17) is 4.74 Å². The molecule has 0 aliphatic carbocycles. The SMILES string of the molecule is OC(CN1CCOCC1)C1CNC1. The van der Waals surface area contributed by atoms with E-state index in [9.17, 15) is 5.11 Å². The Morgan fingerprint density at radius 1 is 1.38 bits per heavy atom.